The van der Waals surface area contributed by atoms with Gasteiger partial charge in [0.15, 0.2) is 0 Å². The summed E-state index contributed by atoms with van der Waals surface area (Å²) in [7, 11) is 0. The second-order valence-corrected chi connectivity index (χ2v) is 6.45. The molecule has 5 heteroatoms. The van der Waals surface area contributed by atoms with Gasteiger partial charge in [0.1, 0.15) is 0 Å². The minimum atomic E-state index is -0.566. The van der Waals surface area contributed by atoms with Crippen LogP contribution in [0, 0.1) is 11.8 Å². The average Bonchev–Trinajstić information content (AvgIpc) is 3.21. The van der Waals surface area contributed by atoms with Gasteiger partial charge in [0.25, 0.3) is 0 Å². The SMILES string of the molecule is O=C(OCC1CCCC(O)C1)OCC1CCC2OC2C1. The molecule has 0 bridgehead atoms. The summed E-state index contributed by atoms with van der Waals surface area (Å²) in [6.07, 6.45) is 6.90. The van der Waals surface area contributed by atoms with E-state index in [4.69, 9.17) is 14.2 Å². The van der Waals surface area contributed by atoms with Gasteiger partial charge in [-0.25, -0.2) is 4.79 Å². The third-order valence-electron chi connectivity index (χ3n) is 4.74. The van der Waals surface area contributed by atoms with Gasteiger partial charge in [-0.3, -0.25) is 0 Å². The molecule has 114 valence electrons. The van der Waals surface area contributed by atoms with Crippen LogP contribution in [-0.4, -0.2) is 42.8 Å². The van der Waals surface area contributed by atoms with Crippen molar-refractivity contribution < 1.29 is 24.1 Å². The summed E-state index contributed by atoms with van der Waals surface area (Å²) < 4.78 is 15.8. The van der Waals surface area contributed by atoms with Crippen LogP contribution >= 0.6 is 0 Å². The number of fused-ring (bicyclic) bond motifs is 1. The van der Waals surface area contributed by atoms with Crippen molar-refractivity contribution in [1.29, 1.82) is 0 Å². The molecule has 1 aliphatic heterocycles. The van der Waals surface area contributed by atoms with Crippen molar-refractivity contribution in [3.05, 3.63) is 0 Å². The van der Waals surface area contributed by atoms with Gasteiger partial charge in [-0.2, -0.15) is 0 Å². The third kappa shape index (κ3) is 3.85. The fourth-order valence-corrected chi connectivity index (χ4v) is 3.47. The maximum atomic E-state index is 11.6. The van der Waals surface area contributed by atoms with Crippen molar-refractivity contribution in [1.82, 2.24) is 0 Å². The Kier molecular flexibility index (Phi) is 4.46. The van der Waals surface area contributed by atoms with Crippen LogP contribution in [-0.2, 0) is 14.2 Å². The predicted molar refractivity (Wildman–Crippen MR) is 71.3 cm³/mol. The van der Waals surface area contributed by atoms with Crippen LogP contribution < -0.4 is 0 Å². The number of carbonyl (C=O) groups is 1. The monoisotopic (exact) mass is 284 g/mol. The smallest absolute Gasteiger partial charge is 0.434 e. The van der Waals surface area contributed by atoms with E-state index in [-0.39, 0.29) is 12.0 Å². The molecule has 0 aromatic heterocycles. The molecule has 3 aliphatic rings. The summed E-state index contributed by atoms with van der Waals surface area (Å²) in [4.78, 5) is 11.6. The van der Waals surface area contributed by atoms with Gasteiger partial charge in [0.2, 0.25) is 0 Å². The number of epoxide rings is 1. The van der Waals surface area contributed by atoms with Gasteiger partial charge in [-0.15, -0.1) is 0 Å². The quantitative estimate of drug-likeness (QED) is 0.633. The Morgan fingerprint density at radius 1 is 1.00 bits per heavy atom. The number of rotatable bonds is 4. The van der Waals surface area contributed by atoms with Gasteiger partial charge in [0, 0.05) is 0 Å². The second-order valence-electron chi connectivity index (χ2n) is 6.45. The summed E-state index contributed by atoms with van der Waals surface area (Å²) in [5.41, 5.74) is 0. The van der Waals surface area contributed by atoms with E-state index in [9.17, 15) is 9.90 Å². The second kappa shape index (κ2) is 6.31. The molecule has 5 unspecified atom stereocenters. The minimum Gasteiger partial charge on any atom is -0.434 e. The number of hydrogen-bond acceptors (Lipinski definition) is 5. The lowest BCUT2D eigenvalue weighted by molar-refractivity contribution is 0.0155. The maximum Gasteiger partial charge on any atom is 0.508 e. The number of carbonyl (C=O) groups excluding carboxylic acids is 1. The van der Waals surface area contributed by atoms with Crippen LogP contribution in [0.15, 0.2) is 0 Å². The topological polar surface area (TPSA) is 68.3 Å². The molecule has 3 rings (SSSR count). The van der Waals surface area contributed by atoms with Crippen molar-refractivity contribution in [3.8, 4) is 0 Å². The fraction of sp³-hybridized carbons (Fsp3) is 0.933. The van der Waals surface area contributed by atoms with E-state index in [1.807, 2.05) is 0 Å². The van der Waals surface area contributed by atoms with Crippen LogP contribution in [0.2, 0.25) is 0 Å². The van der Waals surface area contributed by atoms with Gasteiger partial charge < -0.3 is 19.3 Å². The van der Waals surface area contributed by atoms with Gasteiger partial charge in [-0.05, 0) is 50.4 Å². The van der Waals surface area contributed by atoms with Gasteiger partial charge >= 0.3 is 6.16 Å². The lowest BCUT2D eigenvalue weighted by atomic mass is 9.88. The molecule has 1 saturated heterocycles. The first-order valence-electron chi connectivity index (χ1n) is 7.84. The van der Waals surface area contributed by atoms with Crippen LogP contribution in [0.5, 0.6) is 0 Å². The zero-order chi connectivity index (χ0) is 13.9. The standard InChI is InChI=1S/C15H24O5/c16-12-3-1-2-10(6-12)8-18-15(17)19-9-11-4-5-13-14(7-11)20-13/h10-14,16H,1-9H2. The molecular weight excluding hydrogens is 260 g/mol. The van der Waals surface area contributed by atoms with Crippen LogP contribution in [0.1, 0.15) is 44.9 Å². The number of ether oxygens (including phenoxy) is 3. The van der Waals surface area contributed by atoms with E-state index in [0.29, 0.717) is 31.3 Å². The Hall–Kier alpha value is -0.810. The molecule has 0 aromatic carbocycles. The Labute approximate surface area is 119 Å². The Morgan fingerprint density at radius 3 is 2.45 bits per heavy atom. The molecule has 0 amide bonds. The highest BCUT2D eigenvalue weighted by molar-refractivity contribution is 5.59. The molecule has 1 heterocycles. The molecule has 5 atom stereocenters. The van der Waals surface area contributed by atoms with Crippen molar-refractivity contribution >= 4 is 6.16 Å². The first kappa shape index (κ1) is 14.1. The predicted octanol–water partition coefficient (Wildman–Crippen LogP) is 2.26. The maximum absolute atomic E-state index is 11.6. The lowest BCUT2D eigenvalue weighted by Crippen LogP contribution is -2.25. The Bertz CT molecular complexity index is 333. The zero-order valence-corrected chi connectivity index (χ0v) is 11.8. The van der Waals surface area contributed by atoms with E-state index in [1.54, 1.807) is 0 Å². The minimum absolute atomic E-state index is 0.234. The summed E-state index contributed by atoms with van der Waals surface area (Å²) in [5, 5.41) is 9.56. The number of aliphatic hydroxyl groups excluding tert-OH is 1. The highest BCUT2D eigenvalue weighted by Gasteiger charge is 2.44. The van der Waals surface area contributed by atoms with E-state index < -0.39 is 6.16 Å². The normalized spacial score (nSPS) is 39.8. The van der Waals surface area contributed by atoms with E-state index in [2.05, 4.69) is 0 Å². The molecule has 2 saturated carbocycles. The van der Waals surface area contributed by atoms with E-state index in [0.717, 1.165) is 44.9 Å². The molecule has 0 spiro atoms. The number of hydrogen-bond donors (Lipinski definition) is 1. The fourth-order valence-electron chi connectivity index (χ4n) is 3.47. The Morgan fingerprint density at radius 2 is 1.75 bits per heavy atom. The Balaban J connectivity index is 1.29. The molecule has 0 radical (unpaired) electrons. The highest BCUT2D eigenvalue weighted by atomic mass is 16.7. The molecule has 2 aliphatic carbocycles. The molecule has 3 fully saturated rings. The summed E-state index contributed by atoms with van der Waals surface area (Å²) >= 11 is 0. The largest absolute Gasteiger partial charge is 0.508 e. The van der Waals surface area contributed by atoms with Crippen molar-refractivity contribution in [2.24, 2.45) is 11.8 Å². The van der Waals surface area contributed by atoms with E-state index in [1.165, 1.54) is 0 Å². The zero-order valence-electron chi connectivity index (χ0n) is 11.8. The molecule has 0 aromatic rings. The van der Waals surface area contributed by atoms with Crippen LogP contribution in [0.3, 0.4) is 0 Å². The first-order valence-corrected chi connectivity index (χ1v) is 7.84. The van der Waals surface area contributed by atoms with Crippen molar-refractivity contribution in [2.75, 3.05) is 13.2 Å². The van der Waals surface area contributed by atoms with Gasteiger partial charge in [-0.1, -0.05) is 6.42 Å². The molecule has 5 nitrogen and oxygen atoms in total. The molecule has 1 N–H and O–H groups in total. The molecule has 20 heavy (non-hydrogen) atoms. The third-order valence-corrected chi connectivity index (χ3v) is 4.74. The summed E-state index contributed by atoms with van der Waals surface area (Å²) in [6.45, 7) is 0.813. The summed E-state index contributed by atoms with van der Waals surface area (Å²) in [6, 6.07) is 0. The molecular formula is C15H24O5. The van der Waals surface area contributed by atoms with Crippen molar-refractivity contribution in [2.45, 2.75) is 63.3 Å². The average molecular weight is 284 g/mol. The van der Waals surface area contributed by atoms with E-state index >= 15 is 0 Å². The van der Waals surface area contributed by atoms with Crippen LogP contribution in [0.25, 0.3) is 0 Å². The van der Waals surface area contributed by atoms with Gasteiger partial charge in [0.05, 0.1) is 31.5 Å². The first-order chi connectivity index (χ1) is 9.70. The van der Waals surface area contributed by atoms with Crippen LogP contribution in [0.4, 0.5) is 4.79 Å². The summed E-state index contributed by atoms with van der Waals surface area (Å²) in [5.74, 6) is 0.699. The number of aliphatic hydroxyl groups is 1. The lowest BCUT2D eigenvalue weighted by Gasteiger charge is -2.25. The van der Waals surface area contributed by atoms with Crippen molar-refractivity contribution in [3.63, 3.8) is 0 Å². The highest BCUT2D eigenvalue weighted by Crippen LogP contribution is 2.39.